The third-order valence-electron chi connectivity index (χ3n) is 4.77. The maximum atomic E-state index is 12.9. The van der Waals surface area contributed by atoms with E-state index in [0.29, 0.717) is 39.1 Å². The van der Waals surface area contributed by atoms with Crippen LogP contribution in [0.5, 0.6) is 0 Å². The predicted molar refractivity (Wildman–Crippen MR) is 81.3 cm³/mol. The van der Waals surface area contributed by atoms with Crippen molar-refractivity contribution in [2.24, 2.45) is 0 Å². The summed E-state index contributed by atoms with van der Waals surface area (Å²) in [5.74, 6) is -0.501. The summed E-state index contributed by atoms with van der Waals surface area (Å²) >= 11 is 0. The van der Waals surface area contributed by atoms with Gasteiger partial charge in [0.2, 0.25) is 0 Å². The summed E-state index contributed by atoms with van der Waals surface area (Å²) in [6.45, 7) is 4.37. The zero-order valence-corrected chi connectivity index (χ0v) is 13.6. The molecular formula is C17H22F3NO3. The number of nitrogens with zero attached hydrogens (tertiary/aromatic N) is 1. The van der Waals surface area contributed by atoms with Gasteiger partial charge in [-0.2, -0.15) is 13.2 Å². The summed E-state index contributed by atoms with van der Waals surface area (Å²) in [5.41, 5.74) is -1.83. The van der Waals surface area contributed by atoms with Crippen LogP contribution in [0.25, 0.3) is 0 Å². The maximum Gasteiger partial charge on any atom is 0.416 e. The second-order valence-corrected chi connectivity index (χ2v) is 6.74. The molecule has 2 fully saturated rings. The van der Waals surface area contributed by atoms with Crippen molar-refractivity contribution >= 4 is 0 Å². The lowest BCUT2D eigenvalue weighted by Crippen LogP contribution is -2.49. The molecule has 0 unspecified atom stereocenters. The van der Waals surface area contributed by atoms with Crippen LogP contribution in [0.15, 0.2) is 24.3 Å². The van der Waals surface area contributed by atoms with Crippen LogP contribution >= 0.6 is 0 Å². The number of likely N-dealkylation sites (tertiary alicyclic amines) is 1. The third-order valence-corrected chi connectivity index (χ3v) is 4.77. The van der Waals surface area contributed by atoms with Crippen LogP contribution in [-0.4, -0.2) is 48.6 Å². The fourth-order valence-electron chi connectivity index (χ4n) is 3.39. The summed E-state index contributed by atoms with van der Waals surface area (Å²) in [4.78, 5) is 2.04. The van der Waals surface area contributed by atoms with E-state index in [-0.39, 0.29) is 12.1 Å². The van der Waals surface area contributed by atoms with E-state index in [1.54, 1.807) is 6.92 Å². The van der Waals surface area contributed by atoms with E-state index in [1.165, 1.54) is 12.1 Å². The van der Waals surface area contributed by atoms with Crippen molar-refractivity contribution in [2.75, 3.05) is 32.8 Å². The lowest BCUT2D eigenvalue weighted by Gasteiger charge is -2.40. The Kier molecular flexibility index (Phi) is 4.63. The number of β-amino-alcohol motifs (C(OH)–C–C–N with tert-alkyl or cyclic N) is 1. The Morgan fingerprint density at radius 3 is 2.29 bits per heavy atom. The molecule has 0 aromatic heterocycles. The highest BCUT2D eigenvalue weighted by Gasteiger charge is 2.41. The number of aliphatic hydroxyl groups is 1. The van der Waals surface area contributed by atoms with Crippen molar-refractivity contribution in [3.8, 4) is 0 Å². The average molecular weight is 345 g/mol. The zero-order chi connectivity index (χ0) is 17.4. The molecule has 1 N–H and O–H groups in total. The fraction of sp³-hybridized carbons (Fsp3) is 0.647. The molecular weight excluding hydrogens is 323 g/mol. The van der Waals surface area contributed by atoms with Gasteiger partial charge in [0, 0.05) is 32.5 Å². The Morgan fingerprint density at radius 2 is 1.71 bits per heavy atom. The molecule has 134 valence electrons. The second-order valence-electron chi connectivity index (χ2n) is 6.74. The number of halogens is 3. The van der Waals surface area contributed by atoms with E-state index in [4.69, 9.17) is 9.47 Å². The monoisotopic (exact) mass is 345 g/mol. The number of alkyl halides is 3. The highest BCUT2D eigenvalue weighted by molar-refractivity contribution is 5.29. The standard InChI is InChI=1S/C17H22F3NO3/c1-15(22,13-3-2-4-14(11-13)17(18,19)20)12-21-7-5-16(6-8-21)23-9-10-24-16/h2-4,11,22H,5-10,12H2,1H3/t15-/m1/s1. The van der Waals surface area contributed by atoms with Gasteiger partial charge in [-0.25, -0.2) is 0 Å². The lowest BCUT2D eigenvalue weighted by atomic mass is 9.92. The maximum absolute atomic E-state index is 12.9. The van der Waals surface area contributed by atoms with E-state index >= 15 is 0 Å². The van der Waals surface area contributed by atoms with Gasteiger partial charge in [-0.3, -0.25) is 4.90 Å². The SMILES string of the molecule is C[C@@](O)(CN1CCC2(CC1)OCCO2)c1cccc(C(F)(F)F)c1. The Balaban J connectivity index is 1.66. The first-order chi connectivity index (χ1) is 11.2. The molecule has 1 spiro atoms. The quantitative estimate of drug-likeness (QED) is 0.915. The third kappa shape index (κ3) is 3.74. The average Bonchev–Trinajstić information content (AvgIpc) is 2.97. The van der Waals surface area contributed by atoms with E-state index < -0.39 is 23.1 Å². The molecule has 0 aliphatic carbocycles. The van der Waals surface area contributed by atoms with Gasteiger partial charge in [0.05, 0.1) is 24.4 Å². The Bertz CT molecular complexity index is 573. The highest BCUT2D eigenvalue weighted by atomic mass is 19.4. The molecule has 2 heterocycles. The molecule has 2 aliphatic heterocycles. The van der Waals surface area contributed by atoms with Crippen LogP contribution in [0.3, 0.4) is 0 Å². The zero-order valence-electron chi connectivity index (χ0n) is 13.6. The van der Waals surface area contributed by atoms with Gasteiger partial charge >= 0.3 is 6.18 Å². The molecule has 1 aromatic carbocycles. The first-order valence-electron chi connectivity index (χ1n) is 8.11. The molecule has 2 aliphatic rings. The molecule has 0 amide bonds. The molecule has 0 radical (unpaired) electrons. The van der Waals surface area contributed by atoms with Crippen LogP contribution < -0.4 is 0 Å². The van der Waals surface area contributed by atoms with Crippen LogP contribution in [0.4, 0.5) is 13.2 Å². The summed E-state index contributed by atoms with van der Waals surface area (Å²) in [6, 6.07) is 4.90. The summed E-state index contributed by atoms with van der Waals surface area (Å²) < 4.78 is 49.9. The molecule has 0 saturated carbocycles. The van der Waals surface area contributed by atoms with Gasteiger partial charge in [-0.15, -0.1) is 0 Å². The van der Waals surface area contributed by atoms with Crippen LogP contribution in [0, 0.1) is 0 Å². The summed E-state index contributed by atoms with van der Waals surface area (Å²) in [6.07, 6.45) is -3.02. The molecule has 4 nitrogen and oxygen atoms in total. The van der Waals surface area contributed by atoms with Crippen molar-refractivity contribution in [2.45, 2.75) is 37.3 Å². The normalized spacial score (nSPS) is 24.2. The number of rotatable bonds is 3. The molecule has 2 saturated heterocycles. The largest absolute Gasteiger partial charge is 0.416 e. The summed E-state index contributed by atoms with van der Waals surface area (Å²) in [5, 5.41) is 10.7. The topological polar surface area (TPSA) is 41.9 Å². The van der Waals surface area contributed by atoms with Crippen molar-refractivity contribution in [1.29, 1.82) is 0 Å². The van der Waals surface area contributed by atoms with E-state index in [0.717, 1.165) is 12.1 Å². The van der Waals surface area contributed by atoms with E-state index in [9.17, 15) is 18.3 Å². The van der Waals surface area contributed by atoms with E-state index in [1.807, 2.05) is 4.90 Å². The van der Waals surface area contributed by atoms with Gasteiger partial charge in [-0.1, -0.05) is 12.1 Å². The Labute approximate surface area is 139 Å². The minimum Gasteiger partial charge on any atom is -0.384 e. The Hall–Kier alpha value is -1.15. The number of hydrogen-bond acceptors (Lipinski definition) is 4. The molecule has 0 bridgehead atoms. The molecule has 1 atom stereocenters. The minimum atomic E-state index is -4.42. The number of hydrogen-bond donors (Lipinski definition) is 1. The second kappa shape index (κ2) is 6.29. The molecule has 24 heavy (non-hydrogen) atoms. The molecule has 3 rings (SSSR count). The van der Waals surface area contributed by atoms with Gasteiger partial charge in [0.25, 0.3) is 0 Å². The Morgan fingerprint density at radius 1 is 1.12 bits per heavy atom. The van der Waals surface area contributed by atoms with Crippen LogP contribution in [0.1, 0.15) is 30.9 Å². The fourth-order valence-corrected chi connectivity index (χ4v) is 3.39. The van der Waals surface area contributed by atoms with Crippen LogP contribution in [0.2, 0.25) is 0 Å². The molecule has 1 aromatic rings. The van der Waals surface area contributed by atoms with E-state index in [2.05, 4.69) is 0 Å². The van der Waals surface area contributed by atoms with Crippen molar-refractivity contribution in [3.63, 3.8) is 0 Å². The van der Waals surface area contributed by atoms with Crippen molar-refractivity contribution < 1.29 is 27.8 Å². The smallest absolute Gasteiger partial charge is 0.384 e. The van der Waals surface area contributed by atoms with Gasteiger partial charge in [0.1, 0.15) is 0 Å². The molecule has 7 heteroatoms. The number of benzene rings is 1. The van der Waals surface area contributed by atoms with Gasteiger partial charge in [0.15, 0.2) is 5.79 Å². The number of piperidine rings is 1. The van der Waals surface area contributed by atoms with Gasteiger partial charge < -0.3 is 14.6 Å². The number of ether oxygens (including phenoxy) is 2. The van der Waals surface area contributed by atoms with Crippen molar-refractivity contribution in [3.05, 3.63) is 35.4 Å². The predicted octanol–water partition coefficient (Wildman–Crippen LogP) is 2.75. The first kappa shape index (κ1) is 17.7. The van der Waals surface area contributed by atoms with Crippen LogP contribution in [-0.2, 0) is 21.3 Å². The minimum absolute atomic E-state index is 0.268. The summed E-state index contributed by atoms with van der Waals surface area (Å²) in [7, 11) is 0. The first-order valence-corrected chi connectivity index (χ1v) is 8.11. The highest BCUT2D eigenvalue weighted by Crippen LogP contribution is 2.34. The van der Waals surface area contributed by atoms with Gasteiger partial charge in [-0.05, 0) is 24.6 Å². The van der Waals surface area contributed by atoms with Crippen molar-refractivity contribution in [1.82, 2.24) is 4.90 Å². The lowest BCUT2D eigenvalue weighted by molar-refractivity contribution is -0.188.